The lowest BCUT2D eigenvalue weighted by Gasteiger charge is -2.37. The standard InChI is InChI=1S/C38H51N5O4S/c1-11-16-18-41(19-17-12-2)37-40-33(32-27(14-4)20-26(13-3)21-28(32)15-5)31(48-37)22-29-24(6)30(23-39)35(46)43(34(29)45)42(25(7)44)36(47)38(8,9)10/h20-22H,11-19H2,1-10H3/b29-22-. The lowest BCUT2D eigenvalue weighted by atomic mass is 9.90. The van der Waals surface area contributed by atoms with E-state index in [1.165, 1.54) is 16.9 Å². The van der Waals surface area contributed by atoms with Crippen LogP contribution in [0.15, 0.2) is 28.9 Å². The minimum absolute atomic E-state index is 0.0606. The number of nitriles is 1. The van der Waals surface area contributed by atoms with Crippen LogP contribution in [0, 0.1) is 16.7 Å². The molecular formula is C38H51N5O4S. The number of anilines is 1. The van der Waals surface area contributed by atoms with E-state index < -0.39 is 29.0 Å². The number of hydrogen-bond donors (Lipinski definition) is 0. The highest BCUT2D eigenvalue weighted by molar-refractivity contribution is 7.17. The first-order valence-corrected chi connectivity index (χ1v) is 18.0. The van der Waals surface area contributed by atoms with Crippen molar-refractivity contribution in [2.75, 3.05) is 18.0 Å². The van der Waals surface area contributed by atoms with Crippen LogP contribution in [0.1, 0.15) is 116 Å². The number of aromatic nitrogens is 1. The average Bonchev–Trinajstić information content (AvgIpc) is 3.46. The Hall–Kier alpha value is -4.10. The van der Waals surface area contributed by atoms with Gasteiger partial charge in [0, 0.05) is 36.6 Å². The summed E-state index contributed by atoms with van der Waals surface area (Å²) >= 11 is 1.48. The summed E-state index contributed by atoms with van der Waals surface area (Å²) in [5.41, 5.74) is 4.21. The summed E-state index contributed by atoms with van der Waals surface area (Å²) in [5.74, 6) is -3.37. The van der Waals surface area contributed by atoms with Crippen molar-refractivity contribution in [1.82, 2.24) is 15.0 Å². The highest BCUT2D eigenvalue weighted by Crippen LogP contribution is 2.41. The molecule has 10 heteroatoms. The maximum Gasteiger partial charge on any atom is 0.291 e. The minimum Gasteiger partial charge on any atom is -0.348 e. The minimum atomic E-state index is -1.09. The molecule has 3 rings (SSSR count). The van der Waals surface area contributed by atoms with Crippen LogP contribution in [-0.2, 0) is 38.4 Å². The molecule has 0 saturated carbocycles. The van der Waals surface area contributed by atoms with Gasteiger partial charge in [-0.15, -0.1) is 0 Å². The zero-order chi connectivity index (χ0) is 35.9. The number of unbranched alkanes of at least 4 members (excludes halogenated alkanes) is 2. The van der Waals surface area contributed by atoms with Gasteiger partial charge in [0.05, 0.1) is 10.6 Å². The molecule has 0 fully saturated rings. The lowest BCUT2D eigenvalue weighted by molar-refractivity contribution is -0.180. The third kappa shape index (κ3) is 7.95. The van der Waals surface area contributed by atoms with Gasteiger partial charge in [0.2, 0.25) is 5.91 Å². The number of benzene rings is 1. The molecule has 0 bridgehead atoms. The molecular weight excluding hydrogens is 623 g/mol. The molecule has 1 aliphatic heterocycles. The van der Waals surface area contributed by atoms with E-state index in [4.69, 9.17) is 4.98 Å². The monoisotopic (exact) mass is 673 g/mol. The Balaban J connectivity index is 2.42. The molecule has 0 saturated heterocycles. The van der Waals surface area contributed by atoms with E-state index in [-0.39, 0.29) is 16.7 Å². The second kappa shape index (κ2) is 16.3. The van der Waals surface area contributed by atoms with E-state index in [0.717, 1.165) is 92.5 Å². The van der Waals surface area contributed by atoms with E-state index in [9.17, 15) is 24.4 Å². The molecule has 2 aromatic rings. The first-order valence-electron chi connectivity index (χ1n) is 17.2. The fraction of sp³-hybridized carbons (Fsp3) is 0.526. The number of hydrogen-bond acceptors (Lipinski definition) is 8. The zero-order valence-corrected chi connectivity index (χ0v) is 31.2. The average molecular weight is 674 g/mol. The van der Waals surface area contributed by atoms with Crippen LogP contribution in [0.4, 0.5) is 5.13 Å². The van der Waals surface area contributed by atoms with Gasteiger partial charge in [-0.1, -0.05) is 91.7 Å². The molecule has 0 atom stereocenters. The Morgan fingerprint density at radius 2 is 1.52 bits per heavy atom. The van der Waals surface area contributed by atoms with Crippen molar-refractivity contribution in [3.05, 3.63) is 50.4 Å². The van der Waals surface area contributed by atoms with Crippen molar-refractivity contribution in [3.8, 4) is 17.3 Å². The molecule has 9 nitrogen and oxygen atoms in total. The van der Waals surface area contributed by atoms with Crippen molar-refractivity contribution in [3.63, 3.8) is 0 Å². The van der Waals surface area contributed by atoms with Crippen molar-refractivity contribution < 1.29 is 19.2 Å². The third-order valence-corrected chi connectivity index (χ3v) is 9.63. The van der Waals surface area contributed by atoms with E-state index in [1.54, 1.807) is 33.8 Å². The molecule has 48 heavy (non-hydrogen) atoms. The number of hydrazine groups is 1. The summed E-state index contributed by atoms with van der Waals surface area (Å²) in [5, 5.41) is 12.1. The van der Waals surface area contributed by atoms with Crippen molar-refractivity contribution in [1.29, 1.82) is 5.26 Å². The summed E-state index contributed by atoms with van der Waals surface area (Å²) in [7, 11) is 0. The second-order valence-corrected chi connectivity index (χ2v) is 14.2. The highest BCUT2D eigenvalue weighted by atomic mass is 32.1. The molecule has 4 amide bonds. The van der Waals surface area contributed by atoms with Crippen molar-refractivity contribution in [2.24, 2.45) is 5.41 Å². The summed E-state index contributed by atoms with van der Waals surface area (Å²) in [6.07, 6.45) is 8.25. The SMILES string of the molecule is CCCCN(CCCC)c1nc(-c2c(CC)cc(CC)cc2CC)c(/C=C2\C(=O)N(N(C(C)=O)C(=O)C(C)(C)C)C(=O)C(C#N)=C2C)s1. The first-order chi connectivity index (χ1) is 22.7. The highest BCUT2D eigenvalue weighted by Gasteiger charge is 2.45. The predicted molar refractivity (Wildman–Crippen MR) is 193 cm³/mol. The Labute approximate surface area is 290 Å². The van der Waals surface area contributed by atoms with Gasteiger partial charge < -0.3 is 4.90 Å². The topological polar surface area (TPSA) is 115 Å². The molecule has 0 radical (unpaired) electrons. The van der Waals surface area contributed by atoms with Gasteiger partial charge >= 0.3 is 0 Å². The van der Waals surface area contributed by atoms with E-state index >= 15 is 0 Å². The lowest BCUT2D eigenvalue weighted by Crippen LogP contribution is -2.59. The van der Waals surface area contributed by atoms with Crippen LogP contribution in [0.2, 0.25) is 0 Å². The molecule has 1 aromatic heterocycles. The predicted octanol–water partition coefficient (Wildman–Crippen LogP) is 7.83. The van der Waals surface area contributed by atoms with Gasteiger partial charge in [0.25, 0.3) is 17.7 Å². The van der Waals surface area contributed by atoms with Crippen LogP contribution in [-0.4, -0.2) is 51.7 Å². The quantitative estimate of drug-likeness (QED) is 0.157. The van der Waals surface area contributed by atoms with Crippen LogP contribution in [0.5, 0.6) is 0 Å². The number of imide groups is 2. The largest absolute Gasteiger partial charge is 0.348 e. The second-order valence-electron chi connectivity index (χ2n) is 13.2. The Bertz CT molecular complexity index is 1640. The number of amides is 4. The first kappa shape index (κ1) is 38.3. The fourth-order valence-corrected chi connectivity index (χ4v) is 6.78. The fourth-order valence-electron chi connectivity index (χ4n) is 5.71. The molecule has 1 aromatic carbocycles. The summed E-state index contributed by atoms with van der Waals surface area (Å²) < 4.78 is 0. The molecule has 2 heterocycles. The number of carbonyl (C=O) groups is 4. The van der Waals surface area contributed by atoms with Crippen LogP contribution in [0.25, 0.3) is 17.3 Å². The zero-order valence-electron chi connectivity index (χ0n) is 30.4. The van der Waals surface area contributed by atoms with Gasteiger partial charge in [-0.05, 0) is 67.4 Å². The summed E-state index contributed by atoms with van der Waals surface area (Å²) in [6.45, 7) is 19.9. The molecule has 0 aliphatic carbocycles. The summed E-state index contributed by atoms with van der Waals surface area (Å²) in [6, 6.07) is 6.39. The van der Waals surface area contributed by atoms with Gasteiger partial charge in [0.1, 0.15) is 11.6 Å². The molecule has 0 unspecified atom stereocenters. The van der Waals surface area contributed by atoms with Gasteiger partial charge in [0.15, 0.2) is 5.13 Å². The Kier molecular flexibility index (Phi) is 13.1. The van der Waals surface area contributed by atoms with Crippen LogP contribution >= 0.6 is 11.3 Å². The normalized spacial score (nSPS) is 14.5. The van der Waals surface area contributed by atoms with Crippen LogP contribution < -0.4 is 4.90 Å². The maximum atomic E-state index is 14.3. The molecule has 0 N–H and O–H groups in total. The summed E-state index contributed by atoms with van der Waals surface area (Å²) in [4.78, 5) is 62.5. The maximum absolute atomic E-state index is 14.3. The number of nitrogens with zero attached hydrogens (tertiary/aromatic N) is 5. The van der Waals surface area contributed by atoms with Gasteiger partial charge in [-0.3, -0.25) is 19.2 Å². The molecule has 0 spiro atoms. The van der Waals surface area contributed by atoms with Gasteiger partial charge in [-0.25, -0.2) is 4.98 Å². The smallest absolute Gasteiger partial charge is 0.291 e. The third-order valence-electron chi connectivity index (χ3n) is 8.57. The molecule has 1 aliphatic rings. The Morgan fingerprint density at radius 3 is 1.96 bits per heavy atom. The number of carbonyl (C=O) groups excluding carboxylic acids is 4. The van der Waals surface area contributed by atoms with E-state index in [2.05, 4.69) is 51.7 Å². The number of aryl methyl sites for hydroxylation is 3. The van der Waals surface area contributed by atoms with E-state index in [1.807, 2.05) is 6.07 Å². The van der Waals surface area contributed by atoms with Gasteiger partial charge in [-0.2, -0.15) is 15.3 Å². The number of thiazole rings is 1. The molecule has 258 valence electrons. The van der Waals surface area contributed by atoms with Crippen LogP contribution in [0.3, 0.4) is 0 Å². The van der Waals surface area contributed by atoms with E-state index in [0.29, 0.717) is 14.9 Å². The van der Waals surface area contributed by atoms with Crippen molar-refractivity contribution >= 4 is 46.2 Å². The Morgan fingerprint density at radius 1 is 0.958 bits per heavy atom. The van der Waals surface area contributed by atoms with Crippen molar-refractivity contribution in [2.45, 2.75) is 114 Å². The number of rotatable bonds is 13.